The Morgan fingerprint density at radius 3 is 2.45 bits per heavy atom. The van der Waals surface area contributed by atoms with Gasteiger partial charge in [0.15, 0.2) is 0 Å². The first-order valence-corrected chi connectivity index (χ1v) is 5.81. The minimum Gasteiger partial charge on any atom is -0.455 e. The summed E-state index contributed by atoms with van der Waals surface area (Å²) in [5.41, 5.74) is 0.686. The number of hydrogen-bond acceptors (Lipinski definition) is 6. The van der Waals surface area contributed by atoms with Gasteiger partial charge in [0.05, 0.1) is 0 Å². The van der Waals surface area contributed by atoms with Crippen LogP contribution in [0.3, 0.4) is 0 Å². The highest BCUT2D eigenvalue weighted by Crippen LogP contribution is 2.19. The van der Waals surface area contributed by atoms with Crippen LogP contribution in [0.1, 0.15) is 12.0 Å². The van der Waals surface area contributed by atoms with Crippen molar-refractivity contribution in [2.45, 2.75) is 13.0 Å². The lowest BCUT2D eigenvalue weighted by Gasteiger charge is -2.07. The van der Waals surface area contributed by atoms with Crippen LogP contribution in [0, 0.1) is 5.92 Å². The van der Waals surface area contributed by atoms with Crippen molar-refractivity contribution < 1.29 is 29.1 Å². The summed E-state index contributed by atoms with van der Waals surface area (Å²) in [5, 5.41) is 8.86. The number of carbonyl (C=O) groups excluding carboxylic acids is 4. The number of carbonyl (C=O) groups is 4. The van der Waals surface area contributed by atoms with E-state index in [1.807, 2.05) is 0 Å². The van der Waals surface area contributed by atoms with Gasteiger partial charge in [-0.15, -0.1) is 0 Å². The van der Waals surface area contributed by atoms with Gasteiger partial charge in [-0.05, 0) is 5.56 Å². The van der Waals surface area contributed by atoms with Crippen LogP contribution < -0.4 is 0 Å². The summed E-state index contributed by atoms with van der Waals surface area (Å²) in [6, 6.07) is 8.69. The van der Waals surface area contributed by atoms with Crippen LogP contribution in [0.2, 0.25) is 0 Å². The Labute approximate surface area is 113 Å². The van der Waals surface area contributed by atoms with Crippen LogP contribution in [0.15, 0.2) is 30.3 Å². The maximum absolute atomic E-state index is 11.7. The number of rotatable bonds is 4. The Kier molecular flexibility index (Phi) is 3.90. The van der Waals surface area contributed by atoms with Crippen LogP contribution >= 0.6 is 0 Å². The van der Waals surface area contributed by atoms with Gasteiger partial charge in [0.2, 0.25) is 0 Å². The second-order valence-electron chi connectivity index (χ2n) is 4.23. The molecule has 1 aliphatic rings. The van der Waals surface area contributed by atoms with Crippen LogP contribution in [-0.4, -0.2) is 33.8 Å². The van der Waals surface area contributed by atoms with Crippen LogP contribution in [-0.2, 0) is 30.5 Å². The minimum absolute atomic E-state index is 0.108. The molecule has 1 aromatic rings. The van der Waals surface area contributed by atoms with E-state index in [0.717, 1.165) is 0 Å². The van der Waals surface area contributed by atoms with E-state index >= 15 is 0 Å². The number of nitrogens with zero attached hydrogens (tertiary/aromatic N) is 1. The van der Waals surface area contributed by atoms with Gasteiger partial charge >= 0.3 is 5.97 Å². The van der Waals surface area contributed by atoms with Crippen LogP contribution in [0.25, 0.3) is 0 Å². The number of hydrogen-bond donors (Lipinski definition) is 1. The molecule has 0 aliphatic carbocycles. The molecule has 2 rings (SSSR count). The van der Waals surface area contributed by atoms with E-state index in [-0.39, 0.29) is 11.7 Å². The molecule has 0 spiro atoms. The Balaban J connectivity index is 1.95. The van der Waals surface area contributed by atoms with Gasteiger partial charge in [0.1, 0.15) is 12.5 Å². The quantitative estimate of drug-likeness (QED) is 0.274. The average Bonchev–Trinajstić information content (AvgIpc) is 2.72. The number of ether oxygens (including phenoxy) is 1. The summed E-state index contributed by atoms with van der Waals surface area (Å²) in [6.45, 7) is -0.108. The molecule has 20 heavy (non-hydrogen) atoms. The van der Waals surface area contributed by atoms with Crippen molar-refractivity contribution >= 4 is 23.6 Å². The topological polar surface area (TPSA) is 101 Å². The molecular weight excluding hydrogens is 266 g/mol. The van der Waals surface area contributed by atoms with Gasteiger partial charge in [-0.1, -0.05) is 30.3 Å². The van der Waals surface area contributed by atoms with E-state index < -0.39 is 35.9 Å². The molecule has 2 amide bonds. The van der Waals surface area contributed by atoms with E-state index in [9.17, 15) is 19.2 Å². The second kappa shape index (κ2) is 5.62. The van der Waals surface area contributed by atoms with Crippen molar-refractivity contribution in [2.24, 2.45) is 5.92 Å². The third-order valence-electron chi connectivity index (χ3n) is 2.85. The smallest absolute Gasteiger partial charge is 0.375 e. The fourth-order valence-corrected chi connectivity index (χ4v) is 1.76. The maximum atomic E-state index is 11.7. The fraction of sp³-hybridized carbons (Fsp3) is 0.231. The van der Waals surface area contributed by atoms with E-state index in [4.69, 9.17) is 9.94 Å². The Bertz CT molecular complexity index is 567. The molecule has 0 bridgehead atoms. The lowest BCUT2D eigenvalue weighted by Crippen LogP contribution is -2.33. The summed E-state index contributed by atoms with van der Waals surface area (Å²) >= 11 is 0. The number of ketones is 1. The zero-order valence-electron chi connectivity index (χ0n) is 10.3. The van der Waals surface area contributed by atoms with Gasteiger partial charge < -0.3 is 4.74 Å². The Morgan fingerprint density at radius 2 is 1.90 bits per heavy atom. The predicted octanol–water partition coefficient (Wildman–Crippen LogP) is 0.0632. The molecule has 0 radical (unpaired) electrons. The first-order valence-electron chi connectivity index (χ1n) is 5.81. The zero-order valence-corrected chi connectivity index (χ0v) is 10.3. The van der Waals surface area contributed by atoms with Crippen LogP contribution in [0.5, 0.6) is 0 Å². The number of amides is 2. The maximum Gasteiger partial charge on any atom is 0.375 e. The van der Waals surface area contributed by atoms with E-state index in [1.54, 1.807) is 30.3 Å². The van der Waals surface area contributed by atoms with Crippen molar-refractivity contribution in [3.05, 3.63) is 35.9 Å². The Morgan fingerprint density at radius 1 is 1.25 bits per heavy atom. The lowest BCUT2D eigenvalue weighted by molar-refractivity contribution is -0.173. The molecule has 7 nitrogen and oxygen atoms in total. The summed E-state index contributed by atoms with van der Waals surface area (Å²) in [7, 11) is 0. The summed E-state index contributed by atoms with van der Waals surface area (Å²) in [4.78, 5) is 45.6. The molecule has 104 valence electrons. The molecule has 1 atom stereocenters. The second-order valence-corrected chi connectivity index (χ2v) is 4.23. The van der Waals surface area contributed by atoms with Gasteiger partial charge in [-0.2, -0.15) is 5.06 Å². The number of imide groups is 1. The number of esters is 1. The molecule has 1 heterocycles. The van der Waals surface area contributed by atoms with Crippen molar-refractivity contribution in [3.8, 4) is 0 Å². The standard InChI is InChI=1S/C13H11NO6/c15-10-6-9(12(17)14(10)19)11(16)13(18)20-7-8-4-2-1-3-5-8/h1-5,9,19H,6-7H2. The van der Waals surface area contributed by atoms with Crippen molar-refractivity contribution in [2.75, 3.05) is 0 Å². The number of Topliss-reactive ketones (excluding diaryl/α,β-unsaturated/α-hetero) is 1. The molecule has 1 aliphatic heterocycles. The molecule has 0 aromatic heterocycles. The monoisotopic (exact) mass is 277 g/mol. The minimum atomic E-state index is -1.49. The largest absolute Gasteiger partial charge is 0.455 e. The third-order valence-corrected chi connectivity index (χ3v) is 2.85. The first kappa shape index (κ1) is 13.9. The molecule has 1 unspecified atom stereocenters. The summed E-state index contributed by atoms with van der Waals surface area (Å²) in [6.07, 6.45) is -0.519. The molecule has 7 heteroatoms. The van der Waals surface area contributed by atoms with Crippen molar-refractivity contribution in [1.82, 2.24) is 5.06 Å². The number of hydroxylamine groups is 2. The van der Waals surface area contributed by atoms with Gasteiger partial charge in [0.25, 0.3) is 17.6 Å². The van der Waals surface area contributed by atoms with Gasteiger partial charge in [-0.25, -0.2) is 4.79 Å². The average molecular weight is 277 g/mol. The van der Waals surface area contributed by atoms with Crippen LogP contribution in [0.4, 0.5) is 0 Å². The van der Waals surface area contributed by atoms with Crippen molar-refractivity contribution in [3.63, 3.8) is 0 Å². The molecule has 1 N–H and O–H groups in total. The van der Waals surface area contributed by atoms with E-state index in [2.05, 4.69) is 0 Å². The SMILES string of the molecule is O=C(OCc1ccccc1)C(=O)C1CC(=O)N(O)C1=O. The number of benzene rings is 1. The zero-order chi connectivity index (χ0) is 14.7. The van der Waals surface area contributed by atoms with E-state index in [1.165, 1.54) is 0 Å². The summed E-state index contributed by atoms with van der Waals surface area (Å²) < 4.78 is 4.77. The Hall–Kier alpha value is -2.54. The normalized spacial score (nSPS) is 18.2. The highest BCUT2D eigenvalue weighted by atomic mass is 16.5. The molecule has 0 saturated carbocycles. The molecular formula is C13H11NO6. The van der Waals surface area contributed by atoms with Gasteiger partial charge in [0, 0.05) is 6.42 Å². The first-order chi connectivity index (χ1) is 9.50. The molecule has 1 fully saturated rings. The summed E-state index contributed by atoms with van der Waals surface area (Å²) in [5.74, 6) is -5.83. The lowest BCUT2D eigenvalue weighted by atomic mass is 10.0. The fourth-order valence-electron chi connectivity index (χ4n) is 1.76. The molecule has 1 aromatic carbocycles. The highest BCUT2D eigenvalue weighted by molar-refractivity contribution is 6.39. The predicted molar refractivity (Wildman–Crippen MR) is 63.0 cm³/mol. The third kappa shape index (κ3) is 2.72. The molecule has 1 saturated heterocycles. The van der Waals surface area contributed by atoms with Crippen molar-refractivity contribution in [1.29, 1.82) is 0 Å². The van der Waals surface area contributed by atoms with E-state index in [0.29, 0.717) is 5.56 Å². The highest BCUT2D eigenvalue weighted by Gasteiger charge is 2.45. The van der Waals surface area contributed by atoms with Gasteiger partial charge in [-0.3, -0.25) is 19.6 Å².